The molecule has 0 fully saturated rings. The van der Waals surface area contributed by atoms with Crippen molar-refractivity contribution in [3.8, 4) is 0 Å². The van der Waals surface area contributed by atoms with E-state index in [1.54, 1.807) is 0 Å². The van der Waals surface area contributed by atoms with Crippen LogP contribution >= 0.6 is 0 Å². The van der Waals surface area contributed by atoms with Gasteiger partial charge < -0.3 is 20.3 Å². The molecule has 88 heavy (non-hydrogen) atoms. The Morgan fingerprint density at radius 1 is 0.273 bits per heavy atom. The highest BCUT2D eigenvalue weighted by Crippen LogP contribution is 2.21. The Morgan fingerprint density at radius 3 is 0.693 bits per heavy atom. The van der Waals surface area contributed by atoms with Crippen LogP contribution in [0.3, 0.4) is 0 Å². The fraction of sp³-hybridized carbons (Fsp3) is 0.976. The Bertz CT molecular complexity index is 1290. The maximum atomic E-state index is 12.6. The van der Waals surface area contributed by atoms with Crippen molar-refractivity contribution in [2.45, 2.75) is 501 Å². The van der Waals surface area contributed by atoms with Crippen LogP contribution in [0.1, 0.15) is 489 Å². The van der Waals surface area contributed by atoms with Crippen molar-refractivity contribution in [2.75, 3.05) is 13.2 Å². The predicted octanol–water partition coefficient (Wildman–Crippen LogP) is 27.3. The summed E-state index contributed by atoms with van der Waals surface area (Å²) in [6.45, 7) is 5.02. The number of aliphatic hydroxyl groups excluding tert-OH is 2. The molecule has 0 aliphatic carbocycles. The zero-order valence-electron chi connectivity index (χ0n) is 60.5. The van der Waals surface area contributed by atoms with Gasteiger partial charge in [0.2, 0.25) is 5.91 Å². The first-order chi connectivity index (χ1) is 43.5. The van der Waals surface area contributed by atoms with Crippen LogP contribution in [0.2, 0.25) is 0 Å². The maximum Gasteiger partial charge on any atom is 0.305 e. The minimum atomic E-state index is -0.660. The normalized spacial score (nSPS) is 12.4. The number of nitrogens with one attached hydrogen (secondary N) is 1. The first-order valence-electron chi connectivity index (χ1n) is 41.3. The number of hydrogen-bond donors (Lipinski definition) is 3. The average Bonchev–Trinajstić information content (AvgIpc) is 3.58. The summed E-state index contributed by atoms with van der Waals surface area (Å²) in [6, 6.07) is -0.536. The summed E-state index contributed by atoms with van der Waals surface area (Å²) >= 11 is 0. The molecule has 6 heteroatoms. The number of ether oxygens (including phenoxy) is 1. The van der Waals surface area contributed by atoms with Crippen LogP contribution in [0, 0.1) is 0 Å². The monoisotopic (exact) mass is 1240 g/mol. The third kappa shape index (κ3) is 73.9. The third-order valence-corrected chi connectivity index (χ3v) is 19.9. The number of aliphatic hydroxyl groups is 2. The minimum Gasteiger partial charge on any atom is -0.466 e. The quantitative estimate of drug-likeness (QED) is 0.0417. The number of carbonyl (C=O) groups excluding carboxylic acids is 2. The molecule has 0 aromatic carbocycles. The molecule has 3 N–H and O–H groups in total. The van der Waals surface area contributed by atoms with Gasteiger partial charge in [0, 0.05) is 12.8 Å². The molecule has 2 atom stereocenters. The van der Waals surface area contributed by atoms with Gasteiger partial charge in [-0.25, -0.2) is 0 Å². The maximum absolute atomic E-state index is 12.6. The van der Waals surface area contributed by atoms with Gasteiger partial charge in [-0.05, 0) is 25.7 Å². The molecule has 0 bridgehead atoms. The lowest BCUT2D eigenvalue weighted by molar-refractivity contribution is -0.143. The summed E-state index contributed by atoms with van der Waals surface area (Å²) in [7, 11) is 0. The van der Waals surface area contributed by atoms with Crippen LogP contribution in [0.25, 0.3) is 0 Å². The number of esters is 1. The van der Waals surface area contributed by atoms with E-state index < -0.39 is 12.1 Å². The van der Waals surface area contributed by atoms with Gasteiger partial charge in [0.15, 0.2) is 0 Å². The van der Waals surface area contributed by atoms with Crippen molar-refractivity contribution in [3.05, 3.63) is 0 Å². The van der Waals surface area contributed by atoms with Gasteiger partial charge in [-0.3, -0.25) is 9.59 Å². The SMILES string of the molecule is CCCCCCCCCCCCCCCCCCCCC(O)C(CO)NC(=O)CCCCCCCCCCCCCCCCCCCCCCCCCCCCCCCCCCCCCCCOC(=O)CCCCCCCCCCCCCCCCCC. The largest absolute Gasteiger partial charge is 0.466 e. The average molecular weight is 1240 g/mol. The van der Waals surface area contributed by atoms with Gasteiger partial charge in [-0.2, -0.15) is 0 Å². The Labute approximate surface area is 553 Å². The molecule has 0 aliphatic rings. The molecule has 0 radical (unpaired) electrons. The highest BCUT2D eigenvalue weighted by molar-refractivity contribution is 5.76. The first kappa shape index (κ1) is 86.9. The summed E-state index contributed by atoms with van der Waals surface area (Å²) in [6.07, 6.45) is 97.9. The molecule has 0 rings (SSSR count). The van der Waals surface area contributed by atoms with Crippen LogP contribution in [-0.4, -0.2) is 47.4 Å². The van der Waals surface area contributed by atoms with E-state index in [1.165, 1.54) is 417 Å². The van der Waals surface area contributed by atoms with E-state index in [1.807, 2.05) is 0 Å². The highest BCUT2D eigenvalue weighted by atomic mass is 16.5. The molecule has 0 spiro atoms. The second-order valence-corrected chi connectivity index (χ2v) is 28.8. The van der Waals surface area contributed by atoms with E-state index in [0.717, 1.165) is 38.5 Å². The van der Waals surface area contributed by atoms with Crippen LogP contribution in [0.4, 0.5) is 0 Å². The molecule has 0 saturated heterocycles. The number of rotatable bonds is 79. The van der Waals surface area contributed by atoms with E-state index >= 15 is 0 Å². The van der Waals surface area contributed by atoms with Gasteiger partial charge in [0.25, 0.3) is 0 Å². The van der Waals surface area contributed by atoms with E-state index in [9.17, 15) is 19.8 Å². The molecule has 0 aliphatic heterocycles. The topological polar surface area (TPSA) is 95.9 Å². The lowest BCUT2D eigenvalue weighted by atomic mass is 10.0. The molecule has 0 saturated carbocycles. The van der Waals surface area contributed by atoms with Crippen LogP contribution in [0.15, 0.2) is 0 Å². The summed E-state index contributed by atoms with van der Waals surface area (Å²) in [5.41, 5.74) is 0. The lowest BCUT2D eigenvalue weighted by Gasteiger charge is -2.22. The smallest absolute Gasteiger partial charge is 0.305 e. The zero-order chi connectivity index (χ0) is 63.5. The van der Waals surface area contributed by atoms with Crippen molar-refractivity contribution >= 4 is 11.9 Å². The van der Waals surface area contributed by atoms with Gasteiger partial charge in [0.1, 0.15) is 0 Å². The lowest BCUT2D eigenvalue weighted by Crippen LogP contribution is -2.45. The van der Waals surface area contributed by atoms with Gasteiger partial charge in [-0.1, -0.05) is 450 Å². The molecule has 0 aromatic rings. The van der Waals surface area contributed by atoms with Gasteiger partial charge in [-0.15, -0.1) is 0 Å². The molecule has 526 valence electrons. The van der Waals surface area contributed by atoms with E-state index in [0.29, 0.717) is 25.9 Å². The molecule has 0 heterocycles. The summed E-state index contributed by atoms with van der Waals surface area (Å²) in [5.74, 6) is 0.00462. The van der Waals surface area contributed by atoms with Gasteiger partial charge >= 0.3 is 5.97 Å². The van der Waals surface area contributed by atoms with Crippen molar-refractivity contribution in [2.24, 2.45) is 0 Å². The van der Waals surface area contributed by atoms with Crippen molar-refractivity contribution in [1.29, 1.82) is 0 Å². The number of carbonyl (C=O) groups is 2. The number of amides is 1. The van der Waals surface area contributed by atoms with Crippen molar-refractivity contribution < 1.29 is 24.5 Å². The van der Waals surface area contributed by atoms with Crippen LogP contribution < -0.4 is 5.32 Å². The second-order valence-electron chi connectivity index (χ2n) is 28.8. The molecule has 6 nitrogen and oxygen atoms in total. The number of unbranched alkanes of at least 4 members (excludes halogenated alkanes) is 68. The third-order valence-electron chi connectivity index (χ3n) is 19.9. The molecule has 1 amide bonds. The molecular weight excluding hydrogens is 1080 g/mol. The summed E-state index contributed by atoms with van der Waals surface area (Å²) < 4.78 is 5.52. The van der Waals surface area contributed by atoms with Gasteiger partial charge in [0.05, 0.1) is 25.4 Å². The van der Waals surface area contributed by atoms with Crippen LogP contribution in [0.5, 0.6) is 0 Å². The molecular formula is C82H163NO5. The first-order valence-corrected chi connectivity index (χ1v) is 41.3. The summed E-state index contributed by atoms with van der Waals surface area (Å²) in [4.78, 5) is 24.7. The van der Waals surface area contributed by atoms with Crippen molar-refractivity contribution in [1.82, 2.24) is 5.32 Å². The van der Waals surface area contributed by atoms with E-state index in [2.05, 4.69) is 19.2 Å². The van der Waals surface area contributed by atoms with Crippen LogP contribution in [-0.2, 0) is 14.3 Å². The predicted molar refractivity (Wildman–Crippen MR) is 389 cm³/mol. The Hall–Kier alpha value is -1.14. The fourth-order valence-electron chi connectivity index (χ4n) is 13.6. The fourth-order valence-corrected chi connectivity index (χ4v) is 13.6. The van der Waals surface area contributed by atoms with E-state index in [4.69, 9.17) is 4.74 Å². The summed E-state index contributed by atoms with van der Waals surface area (Å²) in [5, 5.41) is 23.4. The van der Waals surface area contributed by atoms with E-state index in [-0.39, 0.29) is 18.5 Å². The second kappa shape index (κ2) is 78.3. The standard InChI is InChI=1S/C82H163NO5/c1-3-5-7-9-11-13-15-17-19-21-43-46-50-54-58-62-66-70-74-80(85)79(78-84)83-81(86)75-71-67-63-59-55-51-47-44-41-39-37-35-33-31-29-27-25-23-22-24-26-28-30-32-34-36-38-40-42-45-49-53-57-61-65-69-73-77-88-82(87)76-72-68-64-60-56-52-48-20-18-16-14-12-10-8-6-4-2/h79-80,84-85H,3-78H2,1-2H3,(H,83,86). The Morgan fingerprint density at radius 2 is 0.466 bits per heavy atom. The molecule has 0 aromatic heterocycles. The Balaban J connectivity index is 3.28. The zero-order valence-corrected chi connectivity index (χ0v) is 60.5. The number of hydrogen-bond acceptors (Lipinski definition) is 5. The van der Waals surface area contributed by atoms with Crippen molar-refractivity contribution in [3.63, 3.8) is 0 Å². The highest BCUT2D eigenvalue weighted by Gasteiger charge is 2.20. The minimum absolute atomic E-state index is 0.0237. The Kier molecular flexibility index (Phi) is 77.3. The molecule has 2 unspecified atom stereocenters.